The molecule has 1 aromatic carbocycles. The van der Waals surface area contributed by atoms with Crippen LogP contribution in [-0.2, 0) is 9.53 Å². The molecule has 2 N–H and O–H groups in total. The van der Waals surface area contributed by atoms with Gasteiger partial charge in [-0.15, -0.1) is 0 Å². The van der Waals surface area contributed by atoms with Crippen LogP contribution in [0.4, 0.5) is 4.79 Å². The molecular formula is C22H34N2O3. The third-order valence-electron chi connectivity index (χ3n) is 5.10. The summed E-state index contributed by atoms with van der Waals surface area (Å²) < 4.78 is 5.32. The van der Waals surface area contributed by atoms with Crippen molar-refractivity contribution in [2.75, 3.05) is 6.54 Å². The van der Waals surface area contributed by atoms with Crippen LogP contribution in [0.3, 0.4) is 0 Å². The second-order valence-corrected chi connectivity index (χ2v) is 8.82. The van der Waals surface area contributed by atoms with E-state index in [0.717, 1.165) is 19.3 Å². The van der Waals surface area contributed by atoms with Crippen LogP contribution < -0.4 is 10.6 Å². The van der Waals surface area contributed by atoms with Crippen LogP contribution in [0.1, 0.15) is 71.8 Å². The molecule has 0 aromatic heterocycles. The molecule has 0 bridgehead atoms. The standard InChI is InChI=1S/C22H34N2O3/c1-6-16(17-10-8-7-9-11-17)14-19(25)24-22(5,18-12-13-18)15-23-20(26)27-21(2,3)4/h7-11,16,18H,6,12-15H2,1-5H3,(H,23,26)(H,24,25). The molecule has 5 heteroatoms. The number of alkyl carbamates (subject to hydrolysis) is 1. The van der Waals surface area contributed by atoms with Crippen LogP contribution in [-0.4, -0.2) is 29.7 Å². The van der Waals surface area contributed by atoms with Crippen molar-refractivity contribution < 1.29 is 14.3 Å². The first kappa shape index (κ1) is 21.3. The highest BCUT2D eigenvalue weighted by Gasteiger charge is 2.43. The van der Waals surface area contributed by atoms with Crippen molar-refractivity contribution in [2.24, 2.45) is 5.92 Å². The van der Waals surface area contributed by atoms with E-state index in [-0.39, 0.29) is 11.8 Å². The Morgan fingerprint density at radius 1 is 1.15 bits per heavy atom. The average Bonchev–Trinajstić information content (AvgIpc) is 3.43. The Morgan fingerprint density at radius 2 is 1.78 bits per heavy atom. The predicted octanol–water partition coefficient (Wildman–Crippen LogP) is 4.38. The maximum Gasteiger partial charge on any atom is 0.407 e. The number of ether oxygens (including phenoxy) is 1. The lowest BCUT2D eigenvalue weighted by atomic mass is 9.91. The summed E-state index contributed by atoms with van der Waals surface area (Å²) in [6.45, 7) is 10.0. The molecule has 1 aliphatic carbocycles. The summed E-state index contributed by atoms with van der Waals surface area (Å²) >= 11 is 0. The van der Waals surface area contributed by atoms with Crippen molar-refractivity contribution in [3.63, 3.8) is 0 Å². The van der Waals surface area contributed by atoms with Crippen LogP contribution in [0.25, 0.3) is 0 Å². The number of carbonyl (C=O) groups is 2. The summed E-state index contributed by atoms with van der Waals surface area (Å²) in [5, 5.41) is 6.03. The van der Waals surface area contributed by atoms with Gasteiger partial charge in [0.25, 0.3) is 0 Å². The number of carbonyl (C=O) groups excluding carboxylic acids is 2. The summed E-state index contributed by atoms with van der Waals surface area (Å²) in [6, 6.07) is 10.2. The van der Waals surface area contributed by atoms with Crippen LogP contribution in [0, 0.1) is 5.92 Å². The molecule has 0 heterocycles. The summed E-state index contributed by atoms with van der Waals surface area (Å²) in [7, 11) is 0. The van der Waals surface area contributed by atoms with Gasteiger partial charge in [0.2, 0.25) is 5.91 Å². The summed E-state index contributed by atoms with van der Waals surface area (Å²) in [4.78, 5) is 24.7. The maximum absolute atomic E-state index is 12.8. The lowest BCUT2D eigenvalue weighted by Gasteiger charge is -2.32. The van der Waals surface area contributed by atoms with E-state index in [9.17, 15) is 9.59 Å². The first-order valence-corrected chi connectivity index (χ1v) is 9.96. The monoisotopic (exact) mass is 374 g/mol. The number of hydrogen-bond acceptors (Lipinski definition) is 3. The zero-order chi connectivity index (χ0) is 20.1. The Labute approximate surface area is 163 Å². The van der Waals surface area contributed by atoms with Crippen molar-refractivity contribution >= 4 is 12.0 Å². The van der Waals surface area contributed by atoms with Gasteiger partial charge in [-0.3, -0.25) is 4.79 Å². The molecule has 2 rings (SSSR count). The molecule has 2 unspecified atom stereocenters. The van der Waals surface area contributed by atoms with Crippen LogP contribution in [0.5, 0.6) is 0 Å². The number of hydrogen-bond donors (Lipinski definition) is 2. The molecule has 1 aliphatic rings. The lowest BCUT2D eigenvalue weighted by Crippen LogP contribution is -2.55. The lowest BCUT2D eigenvalue weighted by molar-refractivity contribution is -0.123. The highest BCUT2D eigenvalue weighted by atomic mass is 16.6. The Kier molecular flexibility index (Phi) is 6.90. The van der Waals surface area contributed by atoms with Crippen LogP contribution in [0.2, 0.25) is 0 Å². The van der Waals surface area contributed by atoms with E-state index in [1.165, 1.54) is 5.56 Å². The Balaban J connectivity index is 1.94. The third-order valence-corrected chi connectivity index (χ3v) is 5.10. The number of amides is 2. The molecule has 1 fully saturated rings. The summed E-state index contributed by atoms with van der Waals surface area (Å²) in [5.74, 6) is 0.632. The highest BCUT2D eigenvalue weighted by Crippen LogP contribution is 2.39. The molecule has 0 spiro atoms. The molecule has 1 saturated carbocycles. The fourth-order valence-electron chi connectivity index (χ4n) is 3.40. The number of nitrogens with one attached hydrogen (secondary N) is 2. The van der Waals surface area contributed by atoms with E-state index in [1.807, 2.05) is 45.9 Å². The molecule has 0 radical (unpaired) electrons. The molecule has 27 heavy (non-hydrogen) atoms. The van der Waals surface area contributed by atoms with E-state index in [0.29, 0.717) is 18.9 Å². The van der Waals surface area contributed by atoms with Crippen molar-refractivity contribution in [1.29, 1.82) is 0 Å². The van der Waals surface area contributed by atoms with E-state index < -0.39 is 17.2 Å². The van der Waals surface area contributed by atoms with Gasteiger partial charge in [0, 0.05) is 13.0 Å². The Hall–Kier alpha value is -2.04. The first-order valence-electron chi connectivity index (χ1n) is 9.96. The van der Waals surface area contributed by atoms with E-state index in [2.05, 4.69) is 29.7 Å². The van der Waals surface area contributed by atoms with Gasteiger partial charge in [0.05, 0.1) is 5.54 Å². The average molecular weight is 375 g/mol. The number of rotatable bonds is 8. The molecule has 2 amide bonds. The number of benzene rings is 1. The smallest absolute Gasteiger partial charge is 0.407 e. The maximum atomic E-state index is 12.8. The van der Waals surface area contributed by atoms with Gasteiger partial charge < -0.3 is 15.4 Å². The van der Waals surface area contributed by atoms with E-state index in [1.54, 1.807) is 0 Å². The largest absolute Gasteiger partial charge is 0.444 e. The summed E-state index contributed by atoms with van der Waals surface area (Å²) in [6.07, 6.45) is 3.06. The molecule has 2 atom stereocenters. The van der Waals surface area contributed by atoms with Gasteiger partial charge in [-0.05, 0) is 64.4 Å². The zero-order valence-electron chi connectivity index (χ0n) is 17.3. The second-order valence-electron chi connectivity index (χ2n) is 8.82. The Morgan fingerprint density at radius 3 is 2.30 bits per heavy atom. The minimum Gasteiger partial charge on any atom is -0.444 e. The van der Waals surface area contributed by atoms with Gasteiger partial charge in [-0.25, -0.2) is 4.79 Å². The fourth-order valence-corrected chi connectivity index (χ4v) is 3.40. The molecule has 0 aliphatic heterocycles. The zero-order valence-corrected chi connectivity index (χ0v) is 17.3. The van der Waals surface area contributed by atoms with Crippen LogP contribution in [0.15, 0.2) is 30.3 Å². The highest BCUT2D eigenvalue weighted by molar-refractivity contribution is 5.78. The summed E-state index contributed by atoms with van der Waals surface area (Å²) in [5.41, 5.74) is 0.214. The van der Waals surface area contributed by atoms with Crippen LogP contribution >= 0.6 is 0 Å². The van der Waals surface area contributed by atoms with Crippen molar-refractivity contribution in [3.8, 4) is 0 Å². The second kappa shape index (κ2) is 8.77. The fraction of sp³-hybridized carbons (Fsp3) is 0.636. The van der Waals surface area contributed by atoms with Crippen molar-refractivity contribution in [1.82, 2.24) is 10.6 Å². The van der Waals surface area contributed by atoms with E-state index in [4.69, 9.17) is 4.74 Å². The molecule has 1 aromatic rings. The van der Waals surface area contributed by atoms with E-state index >= 15 is 0 Å². The third kappa shape index (κ3) is 6.89. The SMILES string of the molecule is CCC(CC(=O)NC(C)(CNC(=O)OC(C)(C)C)C1CC1)c1ccccc1. The van der Waals surface area contributed by atoms with Crippen molar-refractivity contribution in [2.45, 2.75) is 77.4 Å². The molecule has 0 saturated heterocycles. The first-order chi connectivity index (χ1) is 12.6. The molecule has 150 valence electrons. The van der Waals surface area contributed by atoms with Gasteiger partial charge in [-0.2, -0.15) is 0 Å². The van der Waals surface area contributed by atoms with Crippen molar-refractivity contribution in [3.05, 3.63) is 35.9 Å². The topological polar surface area (TPSA) is 67.4 Å². The van der Waals surface area contributed by atoms with Gasteiger partial charge in [0.15, 0.2) is 0 Å². The predicted molar refractivity (Wildman–Crippen MR) is 108 cm³/mol. The molecular weight excluding hydrogens is 340 g/mol. The normalized spacial score (nSPS) is 17.5. The minimum absolute atomic E-state index is 0.0334. The van der Waals surface area contributed by atoms with Gasteiger partial charge in [-0.1, -0.05) is 37.3 Å². The quantitative estimate of drug-likeness (QED) is 0.709. The molecule has 5 nitrogen and oxygen atoms in total. The minimum atomic E-state index is -0.534. The Bertz CT molecular complexity index is 635. The van der Waals surface area contributed by atoms with Gasteiger partial charge in [0.1, 0.15) is 5.60 Å². The van der Waals surface area contributed by atoms with Gasteiger partial charge >= 0.3 is 6.09 Å².